The molecule has 1 aliphatic heterocycles. The van der Waals surface area contributed by atoms with Gasteiger partial charge in [-0.1, -0.05) is 0 Å². The quantitative estimate of drug-likeness (QED) is 0.717. The summed E-state index contributed by atoms with van der Waals surface area (Å²) in [6, 6.07) is 3.90. The molecule has 0 aliphatic carbocycles. The first-order chi connectivity index (χ1) is 7.59. The predicted molar refractivity (Wildman–Crippen MR) is 61.3 cm³/mol. The van der Waals surface area contributed by atoms with Gasteiger partial charge in [-0.15, -0.1) is 0 Å². The van der Waals surface area contributed by atoms with E-state index >= 15 is 0 Å². The Morgan fingerprint density at radius 3 is 2.88 bits per heavy atom. The van der Waals surface area contributed by atoms with Crippen LogP contribution >= 0.6 is 0 Å². The molecule has 0 aromatic carbocycles. The summed E-state index contributed by atoms with van der Waals surface area (Å²) in [4.78, 5) is 14.2. The standard InChI is InChI=1S/C12H18N2O2/c1-9-8-16-10(2)7-14(9)12(15)11-5-4-6-13(11)3/h4-6,9-10H,7-8H2,1-3H3. The number of aromatic nitrogens is 1. The fourth-order valence-electron chi connectivity index (χ4n) is 2.02. The highest BCUT2D eigenvalue weighted by Crippen LogP contribution is 2.15. The fraction of sp³-hybridized carbons (Fsp3) is 0.583. The minimum Gasteiger partial charge on any atom is -0.375 e. The number of ether oxygens (including phenoxy) is 1. The van der Waals surface area contributed by atoms with E-state index in [4.69, 9.17) is 4.74 Å². The maximum absolute atomic E-state index is 12.3. The molecule has 0 radical (unpaired) electrons. The minimum absolute atomic E-state index is 0.0927. The molecule has 2 atom stereocenters. The SMILES string of the molecule is CC1CN(C(=O)c2cccn2C)C(C)CO1. The van der Waals surface area contributed by atoms with Gasteiger partial charge in [0.15, 0.2) is 0 Å². The number of morpholine rings is 1. The third-order valence-corrected chi connectivity index (χ3v) is 3.03. The van der Waals surface area contributed by atoms with Gasteiger partial charge in [-0.3, -0.25) is 4.79 Å². The average Bonchev–Trinajstić information content (AvgIpc) is 2.67. The van der Waals surface area contributed by atoms with E-state index in [1.807, 2.05) is 48.7 Å². The molecule has 0 bridgehead atoms. The lowest BCUT2D eigenvalue weighted by Gasteiger charge is -2.36. The van der Waals surface area contributed by atoms with Crippen LogP contribution in [0.4, 0.5) is 0 Å². The summed E-state index contributed by atoms with van der Waals surface area (Å²) in [5.41, 5.74) is 0.737. The van der Waals surface area contributed by atoms with Crippen LogP contribution in [-0.2, 0) is 11.8 Å². The van der Waals surface area contributed by atoms with Gasteiger partial charge in [-0.25, -0.2) is 0 Å². The summed E-state index contributed by atoms with van der Waals surface area (Å²) in [7, 11) is 1.89. The van der Waals surface area contributed by atoms with Gasteiger partial charge in [-0.2, -0.15) is 0 Å². The molecule has 1 aromatic rings. The highest BCUT2D eigenvalue weighted by molar-refractivity contribution is 5.93. The lowest BCUT2D eigenvalue weighted by atomic mass is 10.2. The Kier molecular flexibility index (Phi) is 3.01. The van der Waals surface area contributed by atoms with E-state index in [1.54, 1.807) is 0 Å². The summed E-state index contributed by atoms with van der Waals surface area (Å²) in [5.74, 6) is 0.0927. The second kappa shape index (κ2) is 4.29. The molecule has 2 unspecified atom stereocenters. The van der Waals surface area contributed by atoms with Gasteiger partial charge in [0.05, 0.1) is 18.8 Å². The summed E-state index contributed by atoms with van der Waals surface area (Å²) >= 11 is 0. The van der Waals surface area contributed by atoms with Crippen LogP contribution in [0.25, 0.3) is 0 Å². The number of hydrogen-bond acceptors (Lipinski definition) is 2. The molecule has 1 aliphatic rings. The molecule has 1 saturated heterocycles. The van der Waals surface area contributed by atoms with E-state index in [1.165, 1.54) is 0 Å². The van der Waals surface area contributed by atoms with Crippen LogP contribution in [0, 0.1) is 0 Å². The van der Waals surface area contributed by atoms with Crippen molar-refractivity contribution >= 4 is 5.91 Å². The van der Waals surface area contributed by atoms with Crippen LogP contribution in [0.1, 0.15) is 24.3 Å². The second-order valence-corrected chi connectivity index (χ2v) is 4.45. The zero-order valence-electron chi connectivity index (χ0n) is 10.0. The van der Waals surface area contributed by atoms with Crippen LogP contribution in [0.3, 0.4) is 0 Å². The monoisotopic (exact) mass is 222 g/mol. The van der Waals surface area contributed by atoms with Gasteiger partial charge < -0.3 is 14.2 Å². The summed E-state index contributed by atoms with van der Waals surface area (Å²) < 4.78 is 7.37. The smallest absolute Gasteiger partial charge is 0.270 e. The number of amides is 1. The Morgan fingerprint density at radius 2 is 2.25 bits per heavy atom. The van der Waals surface area contributed by atoms with Gasteiger partial charge in [0.1, 0.15) is 5.69 Å². The zero-order chi connectivity index (χ0) is 11.7. The van der Waals surface area contributed by atoms with Crippen LogP contribution in [0.5, 0.6) is 0 Å². The highest BCUT2D eigenvalue weighted by Gasteiger charge is 2.28. The Morgan fingerprint density at radius 1 is 1.50 bits per heavy atom. The average molecular weight is 222 g/mol. The van der Waals surface area contributed by atoms with Gasteiger partial charge in [0.25, 0.3) is 5.91 Å². The third kappa shape index (κ3) is 1.97. The van der Waals surface area contributed by atoms with Gasteiger partial charge >= 0.3 is 0 Å². The van der Waals surface area contributed by atoms with Crippen LogP contribution in [0.15, 0.2) is 18.3 Å². The minimum atomic E-state index is 0.0927. The Balaban J connectivity index is 2.18. The second-order valence-electron chi connectivity index (χ2n) is 4.45. The van der Waals surface area contributed by atoms with Gasteiger partial charge in [0, 0.05) is 19.8 Å². The fourth-order valence-corrected chi connectivity index (χ4v) is 2.02. The molecule has 2 heterocycles. The van der Waals surface area contributed by atoms with Crippen molar-refractivity contribution in [1.29, 1.82) is 0 Å². The van der Waals surface area contributed by atoms with Crippen molar-refractivity contribution in [3.05, 3.63) is 24.0 Å². The van der Waals surface area contributed by atoms with Crippen molar-refractivity contribution < 1.29 is 9.53 Å². The summed E-state index contributed by atoms with van der Waals surface area (Å²) in [6.45, 7) is 5.31. The van der Waals surface area contributed by atoms with Crippen molar-refractivity contribution in [3.8, 4) is 0 Å². The predicted octanol–water partition coefficient (Wildman–Crippen LogP) is 1.27. The van der Waals surface area contributed by atoms with Crippen molar-refractivity contribution in [1.82, 2.24) is 9.47 Å². The summed E-state index contributed by atoms with van der Waals surface area (Å²) in [6.07, 6.45) is 2.02. The van der Waals surface area contributed by atoms with Gasteiger partial charge in [-0.05, 0) is 26.0 Å². The van der Waals surface area contributed by atoms with Crippen molar-refractivity contribution in [2.75, 3.05) is 13.2 Å². The number of nitrogens with zero attached hydrogens (tertiary/aromatic N) is 2. The normalized spacial score (nSPS) is 25.8. The van der Waals surface area contributed by atoms with E-state index in [0.717, 1.165) is 5.69 Å². The van der Waals surface area contributed by atoms with Crippen molar-refractivity contribution in [2.45, 2.75) is 26.0 Å². The largest absolute Gasteiger partial charge is 0.375 e. The maximum Gasteiger partial charge on any atom is 0.270 e. The Bertz CT molecular complexity index is 386. The van der Waals surface area contributed by atoms with Gasteiger partial charge in [0.2, 0.25) is 0 Å². The van der Waals surface area contributed by atoms with E-state index < -0.39 is 0 Å². The Hall–Kier alpha value is -1.29. The molecule has 1 aromatic heterocycles. The Labute approximate surface area is 95.8 Å². The molecular formula is C12H18N2O2. The molecule has 1 amide bonds. The van der Waals surface area contributed by atoms with E-state index in [-0.39, 0.29) is 18.1 Å². The molecule has 4 heteroatoms. The third-order valence-electron chi connectivity index (χ3n) is 3.03. The number of hydrogen-bond donors (Lipinski definition) is 0. The summed E-state index contributed by atoms with van der Waals surface area (Å²) in [5, 5.41) is 0. The van der Waals surface area contributed by atoms with E-state index in [9.17, 15) is 4.79 Å². The van der Waals surface area contributed by atoms with E-state index in [0.29, 0.717) is 13.2 Å². The molecule has 88 valence electrons. The molecule has 2 rings (SSSR count). The molecule has 0 saturated carbocycles. The molecular weight excluding hydrogens is 204 g/mol. The molecule has 0 N–H and O–H groups in total. The first-order valence-electron chi connectivity index (χ1n) is 5.63. The lowest BCUT2D eigenvalue weighted by molar-refractivity contribution is -0.0390. The number of rotatable bonds is 1. The topological polar surface area (TPSA) is 34.5 Å². The molecule has 1 fully saturated rings. The first kappa shape index (κ1) is 11.2. The number of carbonyl (C=O) groups is 1. The number of aryl methyl sites for hydroxylation is 1. The maximum atomic E-state index is 12.3. The van der Waals surface area contributed by atoms with Crippen molar-refractivity contribution in [3.63, 3.8) is 0 Å². The zero-order valence-corrected chi connectivity index (χ0v) is 10.0. The van der Waals surface area contributed by atoms with E-state index in [2.05, 4.69) is 0 Å². The van der Waals surface area contributed by atoms with Crippen LogP contribution < -0.4 is 0 Å². The lowest BCUT2D eigenvalue weighted by Crippen LogP contribution is -2.50. The van der Waals surface area contributed by atoms with Crippen LogP contribution in [0.2, 0.25) is 0 Å². The van der Waals surface area contributed by atoms with Crippen molar-refractivity contribution in [2.24, 2.45) is 7.05 Å². The number of carbonyl (C=O) groups excluding carboxylic acids is 1. The highest BCUT2D eigenvalue weighted by atomic mass is 16.5. The molecule has 4 nitrogen and oxygen atoms in total. The molecule has 16 heavy (non-hydrogen) atoms. The first-order valence-corrected chi connectivity index (χ1v) is 5.63. The molecule has 0 spiro atoms. The van der Waals surface area contributed by atoms with Crippen LogP contribution in [-0.4, -0.2) is 40.7 Å².